The van der Waals surface area contributed by atoms with Crippen molar-refractivity contribution in [3.05, 3.63) is 42.5 Å². The van der Waals surface area contributed by atoms with Crippen LogP contribution in [0.4, 0.5) is 10.2 Å². The highest BCUT2D eigenvalue weighted by molar-refractivity contribution is 5.74. The number of piperidine rings is 1. The van der Waals surface area contributed by atoms with Crippen molar-refractivity contribution in [1.82, 2.24) is 30.9 Å². The molecule has 0 saturated carbocycles. The van der Waals surface area contributed by atoms with Gasteiger partial charge in [0.15, 0.2) is 5.82 Å². The summed E-state index contributed by atoms with van der Waals surface area (Å²) in [6.45, 7) is 4.58. The monoisotopic (exact) mass is 435 g/mol. The Morgan fingerprint density at radius 2 is 1.72 bits per heavy atom. The zero-order chi connectivity index (χ0) is 22.5. The summed E-state index contributed by atoms with van der Waals surface area (Å²) >= 11 is 0. The maximum atomic E-state index is 14.9. The van der Waals surface area contributed by atoms with Gasteiger partial charge in [0.1, 0.15) is 11.6 Å². The van der Waals surface area contributed by atoms with Gasteiger partial charge in [-0.05, 0) is 74.6 Å². The lowest BCUT2D eigenvalue weighted by atomic mass is 9.84. The summed E-state index contributed by atoms with van der Waals surface area (Å²) in [5, 5.41) is 33.8. The molecule has 3 aromatic rings. The molecular weight excluding hydrogens is 409 g/mol. The molecule has 2 aliphatic rings. The normalized spacial score (nSPS) is 26.8. The smallest absolute Gasteiger partial charge is 0.151 e. The number of benzene rings is 1. The van der Waals surface area contributed by atoms with Crippen LogP contribution in [0.15, 0.2) is 36.7 Å². The Hall–Kier alpha value is -3.20. The van der Waals surface area contributed by atoms with Crippen molar-refractivity contribution in [3.63, 3.8) is 0 Å². The van der Waals surface area contributed by atoms with E-state index in [0.717, 1.165) is 18.7 Å². The maximum absolute atomic E-state index is 14.9. The highest BCUT2D eigenvalue weighted by Gasteiger charge is 2.49. The lowest BCUT2D eigenvalue weighted by molar-refractivity contribution is 0.207. The van der Waals surface area contributed by atoms with Crippen molar-refractivity contribution in [3.8, 4) is 28.1 Å². The molecule has 1 unspecified atom stereocenters. The van der Waals surface area contributed by atoms with Crippen LogP contribution >= 0.6 is 0 Å². The molecule has 166 valence electrons. The summed E-state index contributed by atoms with van der Waals surface area (Å²) in [7, 11) is 2.04. The van der Waals surface area contributed by atoms with Gasteiger partial charge in [-0.2, -0.15) is 0 Å². The van der Waals surface area contributed by atoms with Crippen LogP contribution in [-0.4, -0.2) is 54.9 Å². The van der Waals surface area contributed by atoms with Gasteiger partial charge in [-0.15, -0.1) is 20.4 Å². The van der Waals surface area contributed by atoms with Gasteiger partial charge < -0.3 is 15.3 Å². The molecule has 0 aliphatic carbocycles. The van der Waals surface area contributed by atoms with Crippen molar-refractivity contribution in [2.75, 3.05) is 11.9 Å². The second-order valence-electron chi connectivity index (χ2n) is 9.58. The predicted octanol–water partition coefficient (Wildman–Crippen LogP) is 3.34. The summed E-state index contributed by atoms with van der Waals surface area (Å²) in [6, 6.07) is 6.67. The van der Waals surface area contributed by atoms with E-state index in [9.17, 15) is 9.50 Å². The topological polar surface area (TPSA) is 100.0 Å². The van der Waals surface area contributed by atoms with E-state index in [0.29, 0.717) is 17.2 Å². The van der Waals surface area contributed by atoms with E-state index < -0.39 is 5.82 Å². The predicted molar refractivity (Wildman–Crippen MR) is 119 cm³/mol. The second-order valence-corrected chi connectivity index (χ2v) is 9.58. The minimum atomic E-state index is -0.594. The van der Waals surface area contributed by atoms with Crippen LogP contribution in [0.2, 0.25) is 0 Å². The highest BCUT2D eigenvalue weighted by atomic mass is 19.1. The molecule has 2 aromatic heterocycles. The molecule has 3 atom stereocenters. The quantitative estimate of drug-likeness (QED) is 0.644. The molecule has 4 heterocycles. The fourth-order valence-corrected chi connectivity index (χ4v) is 5.33. The molecule has 0 radical (unpaired) electrons. The van der Waals surface area contributed by atoms with Crippen molar-refractivity contribution in [2.45, 2.75) is 56.7 Å². The first-order valence-electron chi connectivity index (χ1n) is 10.8. The molecule has 2 aliphatic heterocycles. The number of nitrogens with one attached hydrogen (secondary N) is 1. The number of hydrogen-bond acceptors (Lipinski definition) is 8. The van der Waals surface area contributed by atoms with Crippen LogP contribution in [0, 0.1) is 5.82 Å². The van der Waals surface area contributed by atoms with Gasteiger partial charge >= 0.3 is 0 Å². The number of halogens is 1. The Labute approximate surface area is 185 Å². The van der Waals surface area contributed by atoms with E-state index in [4.69, 9.17) is 0 Å². The number of rotatable bonds is 4. The summed E-state index contributed by atoms with van der Waals surface area (Å²) in [5.74, 6) is -0.0799. The van der Waals surface area contributed by atoms with Crippen LogP contribution in [0.25, 0.3) is 22.4 Å². The van der Waals surface area contributed by atoms with Gasteiger partial charge in [0.05, 0.1) is 23.7 Å². The Kier molecular flexibility index (Phi) is 4.81. The van der Waals surface area contributed by atoms with Crippen LogP contribution < -0.4 is 10.2 Å². The van der Waals surface area contributed by atoms with Gasteiger partial charge in [0.25, 0.3) is 0 Å². The number of anilines is 1. The van der Waals surface area contributed by atoms with Crippen LogP contribution in [0.1, 0.15) is 39.5 Å². The van der Waals surface area contributed by atoms with E-state index in [1.807, 2.05) is 13.1 Å². The number of hydrogen-bond donors (Lipinski definition) is 2. The molecule has 2 saturated heterocycles. The number of fused-ring (bicyclic) bond motifs is 2. The molecule has 32 heavy (non-hydrogen) atoms. The number of aromatic nitrogens is 5. The van der Waals surface area contributed by atoms with Crippen LogP contribution in [0.3, 0.4) is 0 Å². The fraction of sp³-hybridized carbons (Fsp3) is 0.435. The molecular formula is C23H26FN7O. The molecule has 2 bridgehead atoms. The minimum Gasteiger partial charge on any atom is -0.507 e. The molecule has 8 nitrogen and oxygen atoms in total. The third-order valence-corrected chi connectivity index (χ3v) is 6.92. The number of aromatic hydroxyl groups is 1. The summed E-state index contributed by atoms with van der Waals surface area (Å²) in [6.07, 6.45) is 7.35. The zero-order valence-corrected chi connectivity index (χ0v) is 18.4. The first-order valence-corrected chi connectivity index (χ1v) is 10.8. The molecule has 1 aromatic carbocycles. The molecule has 0 spiro atoms. The van der Waals surface area contributed by atoms with E-state index in [1.165, 1.54) is 37.4 Å². The summed E-state index contributed by atoms with van der Waals surface area (Å²) < 4.78 is 14.9. The van der Waals surface area contributed by atoms with Gasteiger partial charge in [0, 0.05) is 29.7 Å². The van der Waals surface area contributed by atoms with Crippen molar-refractivity contribution in [1.29, 1.82) is 0 Å². The van der Waals surface area contributed by atoms with Crippen LogP contribution in [0.5, 0.6) is 5.75 Å². The number of nitrogens with zero attached hydrogens (tertiary/aromatic N) is 6. The van der Waals surface area contributed by atoms with E-state index in [2.05, 4.69) is 49.7 Å². The molecule has 2 fully saturated rings. The van der Waals surface area contributed by atoms with Gasteiger partial charge in [0.2, 0.25) is 0 Å². The second kappa shape index (κ2) is 7.44. The van der Waals surface area contributed by atoms with Crippen LogP contribution in [-0.2, 0) is 0 Å². The molecule has 5 rings (SSSR count). The lowest BCUT2D eigenvalue weighted by Crippen LogP contribution is -2.58. The standard InChI is InChI=1S/C23H26FN7O/c1-22-6-7-23(2,29-22)11-16(10-22)31(3)20-5-4-18(27-28-20)21-17(24)8-14(9-19(21)32)15-12-25-30-26-13-15/h4-5,8-9,12-13,16,29,32H,6-7,10-11H2,1-3H3/t16?,22-,23+. The zero-order valence-electron chi connectivity index (χ0n) is 18.4. The lowest BCUT2D eigenvalue weighted by Gasteiger charge is -2.45. The number of phenols is 1. The van der Waals surface area contributed by atoms with Gasteiger partial charge in [-0.25, -0.2) is 4.39 Å². The Bertz CT molecular complexity index is 1100. The third kappa shape index (κ3) is 3.66. The van der Waals surface area contributed by atoms with E-state index >= 15 is 0 Å². The molecule has 0 amide bonds. The van der Waals surface area contributed by atoms with Gasteiger partial charge in [-0.3, -0.25) is 0 Å². The van der Waals surface area contributed by atoms with Crippen molar-refractivity contribution >= 4 is 5.82 Å². The Morgan fingerprint density at radius 1 is 1.03 bits per heavy atom. The van der Waals surface area contributed by atoms with Crippen molar-refractivity contribution in [2.24, 2.45) is 0 Å². The average molecular weight is 436 g/mol. The Morgan fingerprint density at radius 3 is 2.31 bits per heavy atom. The molecule has 9 heteroatoms. The molecule has 2 N–H and O–H groups in total. The SMILES string of the molecule is CN(c1ccc(-c2c(O)cc(-c3cnnnc3)cc2F)nn1)C1C[C@]2(C)CC[C@](C)(C1)N2. The Balaban J connectivity index is 1.39. The fourth-order valence-electron chi connectivity index (χ4n) is 5.33. The highest BCUT2D eigenvalue weighted by Crippen LogP contribution is 2.44. The minimum absolute atomic E-state index is 0.0189. The van der Waals surface area contributed by atoms with E-state index in [-0.39, 0.29) is 28.1 Å². The first kappa shape index (κ1) is 20.7. The summed E-state index contributed by atoms with van der Waals surface area (Å²) in [4.78, 5) is 2.17. The van der Waals surface area contributed by atoms with Gasteiger partial charge in [-0.1, -0.05) is 0 Å². The largest absolute Gasteiger partial charge is 0.507 e. The average Bonchev–Trinajstić information content (AvgIpc) is 3.00. The van der Waals surface area contributed by atoms with E-state index in [1.54, 1.807) is 6.07 Å². The number of phenolic OH excluding ortho intramolecular Hbond substituents is 1. The van der Waals surface area contributed by atoms with Crippen molar-refractivity contribution < 1.29 is 9.50 Å². The summed E-state index contributed by atoms with van der Waals surface area (Å²) in [5.41, 5.74) is 1.61. The third-order valence-electron chi connectivity index (χ3n) is 6.92. The maximum Gasteiger partial charge on any atom is 0.151 e. The first-order chi connectivity index (χ1) is 15.3.